The molecule has 4 heterocycles. The average molecular weight is 394 g/mol. The third-order valence-corrected chi connectivity index (χ3v) is 7.52. The molecule has 1 N–H and O–H groups in total. The number of carbonyl (C=O) groups excluding carboxylic acids is 1. The zero-order valence-electron chi connectivity index (χ0n) is 13.9. The Balaban J connectivity index is 1.40. The number of fused-ring (bicyclic) bond motifs is 3. The number of aromatic nitrogens is 1. The van der Waals surface area contributed by atoms with Gasteiger partial charge in [-0.1, -0.05) is 23.4 Å². The molecule has 1 aromatic carbocycles. The molecule has 132 valence electrons. The Hall–Kier alpha value is -1.08. The molecule has 7 heteroatoms. The monoisotopic (exact) mass is 393 g/mol. The Morgan fingerprint density at radius 2 is 2.04 bits per heavy atom. The Bertz CT molecular complexity index is 754. The van der Waals surface area contributed by atoms with E-state index in [0.717, 1.165) is 9.24 Å². The smallest absolute Gasteiger partial charge is 0.251 e. The highest BCUT2D eigenvalue weighted by atomic mass is 35.5. The van der Waals surface area contributed by atoms with E-state index in [0.29, 0.717) is 22.7 Å². The van der Waals surface area contributed by atoms with Crippen LogP contribution < -0.4 is 5.32 Å². The van der Waals surface area contributed by atoms with Crippen molar-refractivity contribution in [2.24, 2.45) is 5.92 Å². The first-order valence-corrected chi connectivity index (χ1v) is 10.6. The molecule has 0 aliphatic carbocycles. The molecule has 3 aliphatic rings. The lowest BCUT2D eigenvalue weighted by molar-refractivity contribution is 0.0217. The molecule has 0 saturated carbocycles. The van der Waals surface area contributed by atoms with Gasteiger partial charge in [0, 0.05) is 27.9 Å². The van der Waals surface area contributed by atoms with Crippen molar-refractivity contribution in [1.82, 2.24) is 15.2 Å². The van der Waals surface area contributed by atoms with E-state index >= 15 is 0 Å². The molecule has 1 aromatic heterocycles. The SMILES string of the molecule is CC1C(NC(=O)c2ccc(Sc3nc(Cl)cs3)cc2)C2CCN1CC2. The first kappa shape index (κ1) is 17.3. The lowest BCUT2D eigenvalue weighted by Crippen LogP contribution is -2.62. The highest BCUT2D eigenvalue weighted by Gasteiger charge is 2.40. The molecule has 3 fully saturated rings. The van der Waals surface area contributed by atoms with Crippen LogP contribution in [0.3, 0.4) is 0 Å². The maximum atomic E-state index is 12.6. The van der Waals surface area contributed by atoms with Gasteiger partial charge in [0.15, 0.2) is 4.34 Å². The van der Waals surface area contributed by atoms with E-state index < -0.39 is 0 Å². The van der Waals surface area contributed by atoms with Crippen LogP contribution in [0.15, 0.2) is 38.9 Å². The Kier molecular flexibility index (Phi) is 5.04. The van der Waals surface area contributed by atoms with E-state index in [2.05, 4.69) is 22.1 Å². The number of nitrogens with zero attached hydrogens (tertiary/aromatic N) is 2. The van der Waals surface area contributed by atoms with E-state index in [1.807, 2.05) is 29.6 Å². The van der Waals surface area contributed by atoms with Gasteiger partial charge in [-0.2, -0.15) is 0 Å². The molecule has 4 nitrogen and oxygen atoms in total. The first-order valence-electron chi connectivity index (χ1n) is 8.54. The summed E-state index contributed by atoms with van der Waals surface area (Å²) in [6.07, 6.45) is 2.39. The van der Waals surface area contributed by atoms with E-state index in [4.69, 9.17) is 11.6 Å². The van der Waals surface area contributed by atoms with Crippen LogP contribution in [0, 0.1) is 5.92 Å². The van der Waals surface area contributed by atoms with Gasteiger partial charge < -0.3 is 5.32 Å². The number of piperidine rings is 3. The molecule has 25 heavy (non-hydrogen) atoms. The fourth-order valence-corrected chi connectivity index (χ4v) is 5.80. The Morgan fingerprint density at radius 1 is 1.32 bits per heavy atom. The van der Waals surface area contributed by atoms with Crippen LogP contribution in [0.25, 0.3) is 0 Å². The fraction of sp³-hybridized carbons (Fsp3) is 0.444. The number of hydrogen-bond acceptors (Lipinski definition) is 5. The minimum atomic E-state index is 0.0273. The molecule has 0 radical (unpaired) electrons. The molecular formula is C18H20ClN3OS2. The minimum Gasteiger partial charge on any atom is -0.347 e. The first-order chi connectivity index (χ1) is 12.1. The number of benzene rings is 1. The van der Waals surface area contributed by atoms with Gasteiger partial charge in [0.25, 0.3) is 5.91 Å². The molecule has 2 atom stereocenters. The summed E-state index contributed by atoms with van der Waals surface area (Å²) in [5, 5.41) is 5.62. The van der Waals surface area contributed by atoms with E-state index in [-0.39, 0.29) is 11.9 Å². The van der Waals surface area contributed by atoms with E-state index in [1.54, 1.807) is 11.8 Å². The van der Waals surface area contributed by atoms with Crippen molar-refractivity contribution >= 4 is 40.6 Å². The molecule has 2 bridgehead atoms. The highest BCUT2D eigenvalue weighted by molar-refractivity contribution is 8.01. The predicted octanol–water partition coefficient (Wildman–Crippen LogP) is 4.16. The number of carbonyl (C=O) groups is 1. The third kappa shape index (κ3) is 3.72. The molecule has 2 unspecified atom stereocenters. The second-order valence-corrected chi connectivity index (χ2v) is 9.24. The van der Waals surface area contributed by atoms with Crippen LogP contribution >= 0.6 is 34.7 Å². The van der Waals surface area contributed by atoms with Gasteiger partial charge in [-0.05, 0) is 63.0 Å². The van der Waals surface area contributed by atoms with Crippen LogP contribution in [0.5, 0.6) is 0 Å². The molecule has 0 spiro atoms. The summed E-state index contributed by atoms with van der Waals surface area (Å²) < 4.78 is 0.906. The Labute approximate surface area is 161 Å². The maximum absolute atomic E-state index is 12.6. The number of amides is 1. The largest absolute Gasteiger partial charge is 0.347 e. The predicted molar refractivity (Wildman–Crippen MR) is 103 cm³/mol. The van der Waals surface area contributed by atoms with Gasteiger partial charge in [-0.3, -0.25) is 9.69 Å². The number of halogens is 1. The van der Waals surface area contributed by atoms with Crippen LogP contribution in [0.4, 0.5) is 0 Å². The lowest BCUT2D eigenvalue weighted by atomic mass is 9.79. The van der Waals surface area contributed by atoms with Crippen molar-refractivity contribution in [1.29, 1.82) is 0 Å². The summed E-state index contributed by atoms with van der Waals surface area (Å²) in [5.74, 6) is 0.646. The quantitative estimate of drug-likeness (QED) is 0.847. The van der Waals surface area contributed by atoms with Crippen molar-refractivity contribution in [2.75, 3.05) is 13.1 Å². The molecular weight excluding hydrogens is 374 g/mol. The second kappa shape index (κ2) is 7.27. The fourth-order valence-electron chi connectivity index (χ4n) is 3.84. The number of nitrogens with one attached hydrogen (secondary N) is 1. The van der Waals surface area contributed by atoms with Crippen molar-refractivity contribution < 1.29 is 4.79 Å². The zero-order valence-corrected chi connectivity index (χ0v) is 16.3. The van der Waals surface area contributed by atoms with Gasteiger partial charge in [0.2, 0.25) is 0 Å². The van der Waals surface area contributed by atoms with Crippen LogP contribution in [0.2, 0.25) is 5.15 Å². The lowest BCUT2D eigenvalue weighted by Gasteiger charge is -2.49. The summed E-state index contributed by atoms with van der Waals surface area (Å²) in [6, 6.07) is 8.41. The number of rotatable bonds is 4. The molecule has 3 aliphatic heterocycles. The molecule has 3 saturated heterocycles. The van der Waals surface area contributed by atoms with Crippen molar-refractivity contribution in [3.8, 4) is 0 Å². The number of hydrogen-bond donors (Lipinski definition) is 1. The van der Waals surface area contributed by atoms with Crippen LogP contribution in [-0.4, -0.2) is 41.0 Å². The second-order valence-electron chi connectivity index (χ2n) is 6.68. The zero-order chi connectivity index (χ0) is 17.4. The average Bonchev–Trinajstić information content (AvgIpc) is 3.04. The van der Waals surface area contributed by atoms with Gasteiger partial charge in [0.05, 0.1) is 0 Å². The minimum absolute atomic E-state index is 0.0273. The van der Waals surface area contributed by atoms with E-state index in [1.165, 1.54) is 37.3 Å². The maximum Gasteiger partial charge on any atom is 0.251 e. The third-order valence-electron chi connectivity index (χ3n) is 5.25. The van der Waals surface area contributed by atoms with Crippen molar-refractivity contribution in [3.63, 3.8) is 0 Å². The van der Waals surface area contributed by atoms with Gasteiger partial charge >= 0.3 is 0 Å². The van der Waals surface area contributed by atoms with Crippen molar-refractivity contribution in [2.45, 2.75) is 41.1 Å². The molecule has 2 aromatic rings. The standard InChI is InChI=1S/C18H20ClN3OS2/c1-11-16(12-6-8-22(11)9-7-12)21-17(23)13-2-4-14(5-3-13)25-18-20-15(19)10-24-18/h2-5,10-12,16H,6-9H2,1H3,(H,21,23). The summed E-state index contributed by atoms with van der Waals surface area (Å²) >= 11 is 8.93. The van der Waals surface area contributed by atoms with Crippen LogP contribution in [0.1, 0.15) is 30.1 Å². The Morgan fingerprint density at radius 3 is 2.64 bits per heavy atom. The summed E-state index contributed by atoms with van der Waals surface area (Å²) in [5.41, 5.74) is 0.713. The van der Waals surface area contributed by atoms with Gasteiger partial charge in [-0.15, -0.1) is 11.3 Å². The summed E-state index contributed by atoms with van der Waals surface area (Å²) in [4.78, 5) is 20.4. The van der Waals surface area contributed by atoms with Gasteiger partial charge in [-0.25, -0.2) is 4.98 Å². The highest BCUT2D eigenvalue weighted by Crippen LogP contribution is 2.33. The summed E-state index contributed by atoms with van der Waals surface area (Å²) in [6.45, 7) is 4.57. The van der Waals surface area contributed by atoms with Gasteiger partial charge in [0.1, 0.15) is 5.15 Å². The van der Waals surface area contributed by atoms with Crippen LogP contribution in [-0.2, 0) is 0 Å². The van der Waals surface area contributed by atoms with Crippen molar-refractivity contribution in [3.05, 3.63) is 40.4 Å². The molecule has 5 rings (SSSR count). The number of thiazole rings is 1. The topological polar surface area (TPSA) is 45.2 Å². The van der Waals surface area contributed by atoms with E-state index in [9.17, 15) is 4.79 Å². The summed E-state index contributed by atoms with van der Waals surface area (Å²) in [7, 11) is 0. The molecule has 1 amide bonds. The normalized spacial score (nSPS) is 28.1.